The lowest BCUT2D eigenvalue weighted by atomic mass is 10.2. The molecule has 0 amide bonds. The van der Waals surface area contributed by atoms with Gasteiger partial charge in [0.15, 0.2) is 11.5 Å². The molecule has 2 N–H and O–H groups in total. The standard InChI is InChI=1S/C10H12N4/c11-6-9-12-10-5-8(7-1-2-7)3-4-14(10)13-9/h3-5,7H,1-2,6,11H2. The van der Waals surface area contributed by atoms with E-state index in [4.69, 9.17) is 5.73 Å². The first-order valence-corrected chi connectivity index (χ1v) is 4.92. The molecule has 72 valence electrons. The molecule has 2 aromatic rings. The maximum absolute atomic E-state index is 5.49. The first kappa shape index (κ1) is 7.94. The molecule has 4 heteroatoms. The minimum absolute atomic E-state index is 0.403. The van der Waals surface area contributed by atoms with Crippen molar-refractivity contribution in [2.24, 2.45) is 5.73 Å². The lowest BCUT2D eigenvalue weighted by Crippen LogP contribution is -1.98. The van der Waals surface area contributed by atoms with Gasteiger partial charge in [-0.2, -0.15) is 0 Å². The van der Waals surface area contributed by atoms with Crippen molar-refractivity contribution in [3.8, 4) is 0 Å². The fourth-order valence-corrected chi connectivity index (χ4v) is 1.70. The summed E-state index contributed by atoms with van der Waals surface area (Å²) < 4.78 is 1.79. The number of aromatic nitrogens is 3. The number of nitrogens with zero attached hydrogens (tertiary/aromatic N) is 3. The summed E-state index contributed by atoms with van der Waals surface area (Å²) in [7, 11) is 0. The van der Waals surface area contributed by atoms with Gasteiger partial charge in [-0.15, -0.1) is 5.10 Å². The predicted octanol–water partition coefficient (Wildman–Crippen LogP) is 1.07. The van der Waals surface area contributed by atoms with Gasteiger partial charge >= 0.3 is 0 Å². The normalized spacial score (nSPS) is 16.4. The van der Waals surface area contributed by atoms with Crippen LogP contribution in [0.15, 0.2) is 18.3 Å². The Balaban J connectivity index is 2.12. The molecule has 1 aliphatic rings. The van der Waals surface area contributed by atoms with Gasteiger partial charge in [0.1, 0.15) is 0 Å². The summed E-state index contributed by atoms with van der Waals surface area (Å²) >= 11 is 0. The number of fused-ring (bicyclic) bond motifs is 1. The molecule has 0 saturated heterocycles. The van der Waals surface area contributed by atoms with E-state index in [2.05, 4.69) is 22.2 Å². The Bertz CT molecular complexity index is 470. The topological polar surface area (TPSA) is 56.2 Å². The first-order chi connectivity index (χ1) is 6.86. The Morgan fingerprint density at radius 1 is 1.50 bits per heavy atom. The van der Waals surface area contributed by atoms with Gasteiger partial charge in [-0.25, -0.2) is 9.50 Å². The zero-order chi connectivity index (χ0) is 9.54. The van der Waals surface area contributed by atoms with Gasteiger partial charge in [0, 0.05) is 6.20 Å². The van der Waals surface area contributed by atoms with Crippen molar-refractivity contribution in [3.63, 3.8) is 0 Å². The fourth-order valence-electron chi connectivity index (χ4n) is 1.70. The van der Waals surface area contributed by atoms with E-state index in [1.165, 1.54) is 18.4 Å². The van der Waals surface area contributed by atoms with E-state index in [9.17, 15) is 0 Å². The van der Waals surface area contributed by atoms with Gasteiger partial charge in [-0.1, -0.05) is 0 Å². The van der Waals surface area contributed by atoms with Gasteiger partial charge in [0.25, 0.3) is 0 Å². The first-order valence-electron chi connectivity index (χ1n) is 4.92. The van der Waals surface area contributed by atoms with Crippen LogP contribution < -0.4 is 5.73 Å². The molecule has 0 bridgehead atoms. The maximum Gasteiger partial charge on any atom is 0.165 e. The Labute approximate surface area is 81.8 Å². The van der Waals surface area contributed by atoms with Gasteiger partial charge in [0.05, 0.1) is 6.54 Å². The van der Waals surface area contributed by atoms with Crippen LogP contribution in [0.25, 0.3) is 5.65 Å². The third kappa shape index (κ3) is 1.19. The minimum atomic E-state index is 0.403. The number of hydrogen-bond acceptors (Lipinski definition) is 3. The van der Waals surface area contributed by atoms with Crippen molar-refractivity contribution in [2.75, 3.05) is 0 Å². The lowest BCUT2D eigenvalue weighted by Gasteiger charge is -1.96. The average Bonchev–Trinajstić information content (AvgIpc) is 2.97. The highest BCUT2D eigenvalue weighted by Crippen LogP contribution is 2.39. The van der Waals surface area contributed by atoms with Crippen molar-refractivity contribution < 1.29 is 0 Å². The van der Waals surface area contributed by atoms with Crippen molar-refractivity contribution in [1.29, 1.82) is 0 Å². The fraction of sp³-hybridized carbons (Fsp3) is 0.400. The summed E-state index contributed by atoms with van der Waals surface area (Å²) in [5.74, 6) is 1.47. The molecule has 1 fully saturated rings. The summed E-state index contributed by atoms with van der Waals surface area (Å²) in [6.07, 6.45) is 4.59. The maximum atomic E-state index is 5.49. The van der Waals surface area contributed by atoms with E-state index in [-0.39, 0.29) is 0 Å². The molecule has 0 aromatic carbocycles. The second-order valence-electron chi connectivity index (χ2n) is 3.77. The molecule has 2 heterocycles. The van der Waals surface area contributed by atoms with Crippen molar-refractivity contribution in [2.45, 2.75) is 25.3 Å². The Hall–Kier alpha value is -1.42. The zero-order valence-corrected chi connectivity index (χ0v) is 7.85. The molecule has 0 spiro atoms. The summed E-state index contributed by atoms with van der Waals surface area (Å²) in [5.41, 5.74) is 7.78. The molecule has 4 nitrogen and oxygen atoms in total. The Morgan fingerprint density at radius 3 is 3.07 bits per heavy atom. The van der Waals surface area contributed by atoms with E-state index < -0.39 is 0 Å². The molecular weight excluding hydrogens is 176 g/mol. The van der Waals surface area contributed by atoms with Crippen LogP contribution in [-0.2, 0) is 6.54 Å². The average molecular weight is 188 g/mol. The molecule has 14 heavy (non-hydrogen) atoms. The highest BCUT2D eigenvalue weighted by molar-refractivity contribution is 5.42. The van der Waals surface area contributed by atoms with Crippen LogP contribution in [0.1, 0.15) is 30.1 Å². The second kappa shape index (κ2) is 2.78. The van der Waals surface area contributed by atoms with Gasteiger partial charge in [0.2, 0.25) is 0 Å². The lowest BCUT2D eigenvalue weighted by molar-refractivity contribution is 0.867. The molecule has 1 aliphatic carbocycles. The second-order valence-corrected chi connectivity index (χ2v) is 3.77. The van der Waals surface area contributed by atoms with Crippen LogP contribution in [0.3, 0.4) is 0 Å². The summed E-state index contributed by atoms with van der Waals surface area (Å²) in [5, 5.41) is 4.23. The smallest absolute Gasteiger partial charge is 0.165 e. The Morgan fingerprint density at radius 2 is 2.36 bits per heavy atom. The van der Waals surface area contributed by atoms with Crippen molar-refractivity contribution >= 4 is 5.65 Å². The van der Waals surface area contributed by atoms with Crippen LogP contribution in [0.4, 0.5) is 0 Å². The monoisotopic (exact) mass is 188 g/mol. The van der Waals surface area contributed by atoms with E-state index >= 15 is 0 Å². The molecule has 0 unspecified atom stereocenters. The molecule has 0 atom stereocenters. The van der Waals surface area contributed by atoms with E-state index in [1.807, 2.05) is 6.20 Å². The highest BCUT2D eigenvalue weighted by atomic mass is 15.3. The number of nitrogens with two attached hydrogens (primary N) is 1. The molecular formula is C10H12N4. The predicted molar refractivity (Wildman–Crippen MR) is 52.9 cm³/mol. The quantitative estimate of drug-likeness (QED) is 0.766. The van der Waals surface area contributed by atoms with Gasteiger partial charge < -0.3 is 5.73 Å². The molecule has 3 rings (SSSR count). The molecule has 0 aliphatic heterocycles. The minimum Gasteiger partial charge on any atom is -0.324 e. The van der Waals surface area contributed by atoms with Gasteiger partial charge in [-0.05, 0) is 36.5 Å². The molecule has 1 saturated carbocycles. The van der Waals surface area contributed by atoms with Gasteiger partial charge in [-0.3, -0.25) is 0 Å². The third-order valence-corrected chi connectivity index (χ3v) is 2.64. The molecule has 2 aromatic heterocycles. The van der Waals surface area contributed by atoms with Crippen molar-refractivity contribution in [3.05, 3.63) is 29.7 Å². The number of pyridine rings is 1. The highest BCUT2D eigenvalue weighted by Gasteiger charge is 2.23. The third-order valence-electron chi connectivity index (χ3n) is 2.64. The van der Waals surface area contributed by atoms with Crippen LogP contribution in [-0.4, -0.2) is 14.6 Å². The Kier molecular flexibility index (Phi) is 1.58. The SMILES string of the molecule is NCc1nc2cc(C3CC3)ccn2n1. The van der Waals surface area contributed by atoms with Crippen LogP contribution in [0.2, 0.25) is 0 Å². The van der Waals surface area contributed by atoms with Crippen LogP contribution in [0.5, 0.6) is 0 Å². The summed E-state index contributed by atoms with van der Waals surface area (Å²) in [4.78, 5) is 4.33. The number of rotatable bonds is 2. The number of hydrogen-bond donors (Lipinski definition) is 1. The van der Waals surface area contributed by atoms with E-state index in [1.54, 1.807) is 4.52 Å². The van der Waals surface area contributed by atoms with E-state index in [0.29, 0.717) is 12.4 Å². The van der Waals surface area contributed by atoms with Crippen molar-refractivity contribution in [1.82, 2.24) is 14.6 Å². The van der Waals surface area contributed by atoms with E-state index in [0.717, 1.165) is 11.6 Å². The summed E-state index contributed by atoms with van der Waals surface area (Å²) in [6, 6.07) is 4.24. The van der Waals surface area contributed by atoms with Crippen LogP contribution >= 0.6 is 0 Å². The zero-order valence-electron chi connectivity index (χ0n) is 7.85. The van der Waals surface area contributed by atoms with Crippen LogP contribution in [0, 0.1) is 0 Å². The molecule has 0 radical (unpaired) electrons. The largest absolute Gasteiger partial charge is 0.324 e. The summed E-state index contributed by atoms with van der Waals surface area (Å²) in [6.45, 7) is 0.403.